The molecule has 31 heavy (non-hydrogen) atoms. The van der Waals surface area contributed by atoms with E-state index in [9.17, 15) is 4.79 Å². The highest BCUT2D eigenvalue weighted by Gasteiger charge is 2.27. The maximum Gasteiger partial charge on any atom is 0.258 e. The third-order valence-electron chi connectivity index (χ3n) is 5.66. The SMILES string of the molecule is Cc1ccc(-n2nc(C)c([C@H]3C=C[C@@H](NC(=O)COc4ccccc4)C3)c2C)cc1Cl. The second-order valence-electron chi connectivity index (χ2n) is 7.93. The third-order valence-corrected chi connectivity index (χ3v) is 6.07. The number of carbonyl (C=O) groups excluding carboxylic acids is 1. The number of rotatable bonds is 6. The first kappa shape index (κ1) is 21.2. The minimum atomic E-state index is -0.127. The normalized spacial score (nSPS) is 17.7. The molecule has 160 valence electrons. The summed E-state index contributed by atoms with van der Waals surface area (Å²) >= 11 is 6.32. The highest BCUT2D eigenvalue weighted by molar-refractivity contribution is 6.31. The summed E-state index contributed by atoms with van der Waals surface area (Å²) in [6, 6.07) is 15.3. The van der Waals surface area contributed by atoms with Gasteiger partial charge in [-0.15, -0.1) is 0 Å². The average molecular weight is 436 g/mol. The average Bonchev–Trinajstić information content (AvgIpc) is 3.32. The van der Waals surface area contributed by atoms with Crippen LogP contribution in [0.15, 0.2) is 60.7 Å². The number of amides is 1. The number of aryl methyl sites for hydroxylation is 2. The van der Waals surface area contributed by atoms with E-state index in [2.05, 4.69) is 24.4 Å². The molecule has 5 nitrogen and oxygen atoms in total. The van der Waals surface area contributed by atoms with Crippen LogP contribution in [0.5, 0.6) is 5.75 Å². The van der Waals surface area contributed by atoms with Gasteiger partial charge in [-0.05, 0) is 57.0 Å². The van der Waals surface area contributed by atoms with E-state index in [-0.39, 0.29) is 24.5 Å². The van der Waals surface area contributed by atoms with Gasteiger partial charge in [0.1, 0.15) is 5.75 Å². The van der Waals surface area contributed by atoms with Crippen LogP contribution in [0.4, 0.5) is 0 Å². The fourth-order valence-corrected chi connectivity index (χ4v) is 4.27. The standard InChI is InChI=1S/C25H26ClN3O2/c1-16-9-12-21(14-23(16)26)29-18(3)25(17(2)28-29)19-10-11-20(13-19)27-24(30)15-31-22-7-5-4-6-8-22/h4-12,14,19-20H,13,15H2,1-3H3,(H,27,30)/t19-,20+/m0/s1. The van der Waals surface area contributed by atoms with E-state index < -0.39 is 0 Å². The van der Waals surface area contributed by atoms with Gasteiger partial charge in [0.25, 0.3) is 5.91 Å². The molecule has 1 aliphatic rings. The summed E-state index contributed by atoms with van der Waals surface area (Å²) in [6.07, 6.45) is 5.02. The Morgan fingerprint density at radius 1 is 1.16 bits per heavy atom. The first-order valence-electron chi connectivity index (χ1n) is 10.4. The number of carbonyl (C=O) groups is 1. The van der Waals surface area contributed by atoms with Gasteiger partial charge in [0.2, 0.25) is 0 Å². The predicted octanol–water partition coefficient (Wildman–Crippen LogP) is 5.06. The molecule has 2 atom stereocenters. The largest absolute Gasteiger partial charge is 0.484 e. The topological polar surface area (TPSA) is 56.2 Å². The molecule has 6 heteroatoms. The van der Waals surface area contributed by atoms with Crippen molar-refractivity contribution in [3.05, 3.63) is 88.2 Å². The van der Waals surface area contributed by atoms with E-state index >= 15 is 0 Å². The number of ether oxygens (including phenoxy) is 1. The van der Waals surface area contributed by atoms with Gasteiger partial charge >= 0.3 is 0 Å². The summed E-state index contributed by atoms with van der Waals surface area (Å²) < 4.78 is 7.49. The Hall–Kier alpha value is -3.05. The monoisotopic (exact) mass is 435 g/mol. The van der Waals surface area contributed by atoms with Crippen molar-refractivity contribution in [2.45, 2.75) is 39.2 Å². The second-order valence-corrected chi connectivity index (χ2v) is 8.34. The number of halogens is 1. The summed E-state index contributed by atoms with van der Waals surface area (Å²) in [7, 11) is 0. The molecule has 0 aliphatic heterocycles. The van der Waals surface area contributed by atoms with Gasteiger partial charge in [0.05, 0.1) is 11.4 Å². The maximum absolute atomic E-state index is 12.3. The molecular formula is C25H26ClN3O2. The van der Waals surface area contributed by atoms with Crippen molar-refractivity contribution >= 4 is 17.5 Å². The Labute approximate surface area is 187 Å². The van der Waals surface area contributed by atoms with Gasteiger partial charge in [0, 0.05) is 28.2 Å². The molecule has 0 radical (unpaired) electrons. The van der Waals surface area contributed by atoms with Crippen molar-refractivity contribution in [1.29, 1.82) is 0 Å². The lowest BCUT2D eigenvalue weighted by molar-refractivity contribution is -0.123. The zero-order valence-electron chi connectivity index (χ0n) is 17.9. The number of nitrogens with one attached hydrogen (secondary N) is 1. The van der Waals surface area contributed by atoms with Crippen LogP contribution in [-0.2, 0) is 4.79 Å². The van der Waals surface area contributed by atoms with Crippen LogP contribution < -0.4 is 10.1 Å². The first-order chi connectivity index (χ1) is 14.9. The van der Waals surface area contributed by atoms with E-state index in [1.165, 1.54) is 5.56 Å². The zero-order chi connectivity index (χ0) is 22.0. The predicted molar refractivity (Wildman–Crippen MR) is 123 cm³/mol. The zero-order valence-corrected chi connectivity index (χ0v) is 18.7. The molecule has 1 aliphatic carbocycles. The molecule has 0 saturated heterocycles. The van der Waals surface area contributed by atoms with Crippen molar-refractivity contribution in [3.8, 4) is 11.4 Å². The lowest BCUT2D eigenvalue weighted by atomic mass is 9.96. The van der Waals surface area contributed by atoms with Crippen molar-refractivity contribution in [2.24, 2.45) is 0 Å². The minimum absolute atomic E-state index is 0.00317. The van der Waals surface area contributed by atoms with Gasteiger partial charge in [0.15, 0.2) is 6.61 Å². The van der Waals surface area contributed by atoms with Crippen LogP contribution >= 0.6 is 11.6 Å². The van der Waals surface area contributed by atoms with E-state index in [4.69, 9.17) is 21.4 Å². The third kappa shape index (κ3) is 4.67. The highest BCUT2D eigenvalue weighted by atomic mass is 35.5. The number of hydrogen-bond acceptors (Lipinski definition) is 3. The number of allylic oxidation sites excluding steroid dienone is 1. The summed E-state index contributed by atoms with van der Waals surface area (Å²) in [5, 5.41) is 8.54. The molecular weight excluding hydrogens is 410 g/mol. The van der Waals surface area contributed by atoms with E-state index in [1.807, 2.05) is 67.1 Å². The van der Waals surface area contributed by atoms with Gasteiger partial charge in [-0.3, -0.25) is 4.79 Å². The molecule has 1 aromatic heterocycles. The highest BCUT2D eigenvalue weighted by Crippen LogP contribution is 2.34. The van der Waals surface area contributed by atoms with Gasteiger partial charge in [-0.2, -0.15) is 5.10 Å². The fraction of sp³-hybridized carbons (Fsp3) is 0.280. The summed E-state index contributed by atoms with van der Waals surface area (Å²) in [5.41, 5.74) is 5.27. The smallest absolute Gasteiger partial charge is 0.258 e. The van der Waals surface area contributed by atoms with Crippen LogP contribution in [0.1, 0.15) is 34.9 Å². The maximum atomic E-state index is 12.3. The van der Waals surface area contributed by atoms with Crippen LogP contribution in [0.2, 0.25) is 5.02 Å². The Morgan fingerprint density at radius 3 is 2.68 bits per heavy atom. The Balaban J connectivity index is 1.41. The molecule has 0 saturated carbocycles. The van der Waals surface area contributed by atoms with Gasteiger partial charge < -0.3 is 10.1 Å². The number of hydrogen-bond donors (Lipinski definition) is 1. The summed E-state index contributed by atoms with van der Waals surface area (Å²) in [5.74, 6) is 0.764. The molecule has 1 heterocycles. The molecule has 3 aromatic rings. The molecule has 0 unspecified atom stereocenters. The quantitative estimate of drug-likeness (QED) is 0.550. The van der Waals surface area contributed by atoms with Crippen molar-refractivity contribution in [1.82, 2.24) is 15.1 Å². The Bertz CT molecular complexity index is 1120. The van der Waals surface area contributed by atoms with Crippen molar-refractivity contribution < 1.29 is 9.53 Å². The van der Waals surface area contributed by atoms with Crippen LogP contribution in [-0.4, -0.2) is 28.3 Å². The molecule has 0 bridgehead atoms. The molecule has 0 fully saturated rings. The lowest BCUT2D eigenvalue weighted by Gasteiger charge is -2.15. The Kier molecular flexibility index (Phi) is 6.14. The number of aromatic nitrogens is 2. The summed E-state index contributed by atoms with van der Waals surface area (Å²) in [6.45, 7) is 6.10. The number of benzene rings is 2. The molecule has 1 N–H and O–H groups in total. The second kappa shape index (κ2) is 8.98. The summed E-state index contributed by atoms with van der Waals surface area (Å²) in [4.78, 5) is 12.3. The molecule has 0 spiro atoms. The van der Waals surface area contributed by atoms with Crippen LogP contribution in [0, 0.1) is 20.8 Å². The van der Waals surface area contributed by atoms with Gasteiger partial charge in [-0.1, -0.05) is 48.0 Å². The van der Waals surface area contributed by atoms with Crippen LogP contribution in [0.3, 0.4) is 0 Å². The molecule has 1 amide bonds. The van der Waals surface area contributed by atoms with Crippen LogP contribution in [0.25, 0.3) is 5.69 Å². The number of para-hydroxylation sites is 1. The van der Waals surface area contributed by atoms with E-state index in [0.29, 0.717) is 5.75 Å². The van der Waals surface area contributed by atoms with Gasteiger partial charge in [-0.25, -0.2) is 4.68 Å². The Morgan fingerprint density at radius 2 is 1.94 bits per heavy atom. The molecule has 2 aromatic carbocycles. The van der Waals surface area contributed by atoms with E-state index in [1.54, 1.807) is 0 Å². The van der Waals surface area contributed by atoms with E-state index in [0.717, 1.165) is 34.1 Å². The fourth-order valence-electron chi connectivity index (χ4n) is 4.09. The number of nitrogens with zero attached hydrogens (tertiary/aromatic N) is 2. The minimum Gasteiger partial charge on any atom is -0.484 e. The van der Waals surface area contributed by atoms with Crippen molar-refractivity contribution in [2.75, 3.05) is 6.61 Å². The van der Waals surface area contributed by atoms with Crippen molar-refractivity contribution in [3.63, 3.8) is 0 Å². The lowest BCUT2D eigenvalue weighted by Crippen LogP contribution is -2.36. The molecule has 4 rings (SSSR count). The first-order valence-corrected chi connectivity index (χ1v) is 10.8.